The standard InChI is InChI=1S/C25H24F7N5O3/c1-2-37-19(13-40-12-14-7-16(24(27,28)29)9-17(8-14)25(30,31)32)22(15-3-5-18(26)6-4-15)36(11-21(37)38)10-20-33-23(39)35-34-20/h3-9,19,22H,2,10-13H2,1H3,(H2,33,34,35,39)/t19-,22+/m1/s1. The SMILES string of the molecule is CCN1C(=O)CN(Cc2n[nH]c(=O)[nH]2)[C@@H](c2ccc(F)cc2)[C@H]1COCc1cc(C(F)(F)F)cc(C(F)(F)F)c1. The molecule has 0 aliphatic carbocycles. The highest BCUT2D eigenvalue weighted by Gasteiger charge is 2.42. The van der Waals surface area contributed by atoms with E-state index in [2.05, 4.69) is 15.2 Å². The van der Waals surface area contributed by atoms with Crippen LogP contribution < -0.4 is 5.69 Å². The molecule has 15 heteroatoms. The topological polar surface area (TPSA) is 94.3 Å². The number of hydrogen-bond acceptors (Lipinski definition) is 5. The third-order valence-electron chi connectivity index (χ3n) is 6.48. The van der Waals surface area contributed by atoms with E-state index >= 15 is 0 Å². The maximum atomic E-state index is 13.7. The minimum atomic E-state index is -5.01. The zero-order chi connectivity index (χ0) is 29.2. The number of rotatable bonds is 8. The first-order valence-electron chi connectivity index (χ1n) is 12.0. The Bertz CT molecular complexity index is 1350. The summed E-state index contributed by atoms with van der Waals surface area (Å²) in [5, 5.41) is 6.09. The molecular formula is C25H24F7N5O3. The van der Waals surface area contributed by atoms with Gasteiger partial charge in [-0.2, -0.15) is 31.4 Å². The number of alkyl halides is 6. The first-order valence-corrected chi connectivity index (χ1v) is 12.0. The number of nitrogens with zero attached hydrogens (tertiary/aromatic N) is 3. The van der Waals surface area contributed by atoms with Crippen LogP contribution in [0.25, 0.3) is 0 Å². The smallest absolute Gasteiger partial charge is 0.375 e. The molecule has 0 saturated carbocycles. The summed E-state index contributed by atoms with van der Waals surface area (Å²) in [5.41, 5.74) is -3.28. The highest BCUT2D eigenvalue weighted by Crippen LogP contribution is 2.37. The monoisotopic (exact) mass is 575 g/mol. The zero-order valence-corrected chi connectivity index (χ0v) is 20.9. The molecule has 1 fully saturated rings. The second-order valence-electron chi connectivity index (χ2n) is 9.20. The average molecular weight is 575 g/mol. The van der Waals surface area contributed by atoms with Gasteiger partial charge in [0.15, 0.2) is 0 Å². The average Bonchev–Trinajstić information content (AvgIpc) is 3.28. The molecule has 2 heterocycles. The molecule has 4 rings (SSSR count). The summed E-state index contributed by atoms with van der Waals surface area (Å²) < 4.78 is 98.9. The second-order valence-corrected chi connectivity index (χ2v) is 9.20. The van der Waals surface area contributed by atoms with E-state index in [0.717, 1.165) is 0 Å². The summed E-state index contributed by atoms with van der Waals surface area (Å²) in [6.45, 7) is 0.952. The molecule has 2 N–H and O–H groups in total. The second kappa shape index (κ2) is 11.4. The van der Waals surface area contributed by atoms with Crippen LogP contribution in [0.5, 0.6) is 0 Å². The van der Waals surface area contributed by atoms with Crippen molar-refractivity contribution >= 4 is 5.91 Å². The highest BCUT2D eigenvalue weighted by molar-refractivity contribution is 5.79. The summed E-state index contributed by atoms with van der Waals surface area (Å²) in [7, 11) is 0. The van der Waals surface area contributed by atoms with Crippen LogP contribution in [0.1, 0.15) is 41.0 Å². The van der Waals surface area contributed by atoms with Crippen molar-refractivity contribution in [2.45, 2.75) is 44.5 Å². The van der Waals surface area contributed by atoms with Crippen LogP contribution in [-0.4, -0.2) is 56.6 Å². The predicted octanol–water partition coefficient (Wildman–Crippen LogP) is 4.27. The third-order valence-corrected chi connectivity index (χ3v) is 6.48. The van der Waals surface area contributed by atoms with Crippen LogP contribution in [0.3, 0.4) is 0 Å². The fraction of sp³-hybridized carbons (Fsp3) is 0.400. The summed E-state index contributed by atoms with van der Waals surface area (Å²) in [6, 6.07) is 5.21. The molecule has 0 unspecified atom stereocenters. The minimum Gasteiger partial charge on any atom is -0.375 e. The lowest BCUT2D eigenvalue weighted by atomic mass is 9.93. The van der Waals surface area contributed by atoms with Crippen LogP contribution in [-0.2, 0) is 35.0 Å². The molecule has 1 aliphatic rings. The molecule has 1 aliphatic heterocycles. The van der Waals surface area contributed by atoms with E-state index < -0.39 is 53.7 Å². The number of carbonyl (C=O) groups is 1. The van der Waals surface area contributed by atoms with Crippen LogP contribution >= 0.6 is 0 Å². The van der Waals surface area contributed by atoms with E-state index in [4.69, 9.17) is 4.74 Å². The number of piperazine rings is 1. The van der Waals surface area contributed by atoms with Crippen molar-refractivity contribution in [1.82, 2.24) is 25.0 Å². The van der Waals surface area contributed by atoms with Gasteiger partial charge in [0.2, 0.25) is 5.91 Å². The van der Waals surface area contributed by atoms with Crippen LogP contribution in [0.4, 0.5) is 30.7 Å². The van der Waals surface area contributed by atoms with Crippen molar-refractivity contribution in [3.05, 3.63) is 86.8 Å². The molecule has 3 aromatic rings. The number of nitrogens with one attached hydrogen (secondary N) is 2. The van der Waals surface area contributed by atoms with Gasteiger partial charge in [-0.3, -0.25) is 14.7 Å². The summed E-state index contributed by atoms with van der Waals surface area (Å²) in [5.74, 6) is -0.618. The molecule has 216 valence electrons. The zero-order valence-electron chi connectivity index (χ0n) is 20.9. The maximum Gasteiger partial charge on any atom is 0.416 e. The van der Waals surface area contributed by atoms with Crippen LogP contribution in [0.15, 0.2) is 47.3 Å². The van der Waals surface area contributed by atoms with Gasteiger partial charge in [-0.05, 0) is 48.4 Å². The highest BCUT2D eigenvalue weighted by atomic mass is 19.4. The van der Waals surface area contributed by atoms with Gasteiger partial charge in [0.25, 0.3) is 0 Å². The van der Waals surface area contributed by atoms with Gasteiger partial charge >= 0.3 is 18.0 Å². The van der Waals surface area contributed by atoms with Gasteiger partial charge in [-0.25, -0.2) is 14.3 Å². The minimum absolute atomic E-state index is 0.00312. The van der Waals surface area contributed by atoms with E-state index in [9.17, 15) is 40.3 Å². The van der Waals surface area contributed by atoms with Crippen molar-refractivity contribution in [1.29, 1.82) is 0 Å². The fourth-order valence-electron chi connectivity index (χ4n) is 4.77. The Labute approximate surface area is 222 Å². The Hall–Kier alpha value is -3.72. The Morgan fingerprint density at radius 1 is 1.00 bits per heavy atom. The van der Waals surface area contributed by atoms with Crippen LogP contribution in [0.2, 0.25) is 0 Å². The molecule has 8 nitrogen and oxygen atoms in total. The number of ether oxygens (including phenoxy) is 1. The lowest BCUT2D eigenvalue weighted by Gasteiger charge is -2.47. The summed E-state index contributed by atoms with van der Waals surface area (Å²) in [4.78, 5) is 30.2. The first-order chi connectivity index (χ1) is 18.8. The number of aromatic nitrogens is 3. The molecule has 0 spiro atoms. The molecule has 40 heavy (non-hydrogen) atoms. The van der Waals surface area contributed by atoms with E-state index in [0.29, 0.717) is 17.7 Å². The predicted molar refractivity (Wildman–Crippen MR) is 126 cm³/mol. The lowest BCUT2D eigenvalue weighted by Crippen LogP contribution is -2.59. The fourth-order valence-corrected chi connectivity index (χ4v) is 4.77. The number of aromatic amines is 2. The molecule has 1 saturated heterocycles. The molecule has 2 aromatic carbocycles. The van der Waals surface area contributed by atoms with E-state index in [1.165, 1.54) is 29.2 Å². The first kappa shape index (κ1) is 29.3. The number of benzene rings is 2. The number of halogens is 7. The van der Waals surface area contributed by atoms with Gasteiger partial charge in [0.1, 0.15) is 11.6 Å². The maximum absolute atomic E-state index is 13.7. The molecule has 2 atom stereocenters. The molecule has 0 radical (unpaired) electrons. The number of H-pyrrole nitrogens is 2. The molecule has 1 amide bonds. The van der Waals surface area contributed by atoms with Crippen molar-refractivity contribution in [2.24, 2.45) is 0 Å². The number of carbonyl (C=O) groups excluding carboxylic acids is 1. The van der Waals surface area contributed by atoms with Crippen molar-refractivity contribution in [3.63, 3.8) is 0 Å². The number of hydrogen-bond donors (Lipinski definition) is 2. The van der Waals surface area contributed by atoms with Crippen molar-refractivity contribution < 1.29 is 40.3 Å². The lowest BCUT2D eigenvalue weighted by molar-refractivity contribution is -0.148. The van der Waals surface area contributed by atoms with Crippen LogP contribution in [0, 0.1) is 5.82 Å². The van der Waals surface area contributed by atoms with E-state index in [-0.39, 0.29) is 49.6 Å². The molecule has 1 aromatic heterocycles. The summed E-state index contributed by atoms with van der Waals surface area (Å²) >= 11 is 0. The number of likely N-dealkylation sites (N-methyl/N-ethyl adjacent to an activating group) is 1. The van der Waals surface area contributed by atoms with Gasteiger partial charge in [-0.1, -0.05) is 12.1 Å². The quantitative estimate of drug-likeness (QED) is 0.392. The Kier molecular flexibility index (Phi) is 8.35. The largest absolute Gasteiger partial charge is 0.416 e. The normalized spacial score (nSPS) is 18.9. The van der Waals surface area contributed by atoms with E-state index in [1.807, 2.05) is 0 Å². The Balaban J connectivity index is 1.64. The number of amides is 1. The van der Waals surface area contributed by atoms with Gasteiger partial charge < -0.3 is 9.64 Å². The third kappa shape index (κ3) is 6.70. The Morgan fingerprint density at radius 3 is 2.15 bits per heavy atom. The van der Waals surface area contributed by atoms with Gasteiger partial charge in [-0.15, -0.1) is 0 Å². The van der Waals surface area contributed by atoms with Gasteiger partial charge in [0, 0.05) is 6.54 Å². The van der Waals surface area contributed by atoms with Crippen molar-refractivity contribution in [3.8, 4) is 0 Å². The molecular weight excluding hydrogens is 551 g/mol. The summed E-state index contributed by atoms with van der Waals surface area (Å²) in [6.07, 6.45) is -10.0. The van der Waals surface area contributed by atoms with E-state index in [1.54, 1.807) is 11.8 Å². The van der Waals surface area contributed by atoms with Crippen molar-refractivity contribution in [2.75, 3.05) is 19.7 Å². The van der Waals surface area contributed by atoms with Gasteiger partial charge in [0.05, 0.1) is 49.5 Å². The Morgan fingerprint density at radius 2 is 1.62 bits per heavy atom. The molecule has 0 bridgehead atoms.